The van der Waals surface area contributed by atoms with E-state index in [4.69, 9.17) is 0 Å². The normalized spacial score (nSPS) is 16.8. The van der Waals surface area contributed by atoms with Crippen LogP contribution < -0.4 is 16.6 Å². The fourth-order valence-electron chi connectivity index (χ4n) is 4.06. The molecule has 1 aliphatic heterocycles. The van der Waals surface area contributed by atoms with E-state index in [1.165, 1.54) is 22.8 Å². The predicted octanol–water partition coefficient (Wildman–Crippen LogP) is 2.09. The molecule has 1 unspecified atom stereocenters. The Kier molecular flexibility index (Phi) is 5.73. The maximum absolute atomic E-state index is 14.4. The van der Waals surface area contributed by atoms with Crippen molar-refractivity contribution < 1.29 is 9.18 Å². The van der Waals surface area contributed by atoms with Gasteiger partial charge in [0, 0.05) is 25.2 Å². The number of carbonyl (C=O) groups is 1. The van der Waals surface area contributed by atoms with E-state index in [-0.39, 0.29) is 18.2 Å². The molecule has 1 aliphatic rings. The number of hydrogen-bond acceptors (Lipinski definition) is 4. The average Bonchev–Trinajstić information content (AvgIpc) is 3.21. The zero-order chi connectivity index (χ0) is 22.1. The zero-order valence-electron chi connectivity index (χ0n) is 17.5. The first-order chi connectivity index (χ1) is 14.8. The van der Waals surface area contributed by atoms with Crippen LogP contribution in [0.15, 0.2) is 52.1 Å². The summed E-state index contributed by atoms with van der Waals surface area (Å²) in [5.74, 6) is -1.08. The fraction of sp³-hybridized carbons (Fsp3) is 0.348. The SMILES string of the molecule is CC(C)N1CCC(NC(=O)c2cc(Cn3c(=O)[nH]c(=O)c4ccccc43)ccc2F)C1. The van der Waals surface area contributed by atoms with Crippen LogP contribution in [0.4, 0.5) is 4.39 Å². The first kappa shape index (κ1) is 21.0. The van der Waals surface area contributed by atoms with Gasteiger partial charge in [-0.2, -0.15) is 0 Å². The van der Waals surface area contributed by atoms with Crippen molar-refractivity contribution in [3.8, 4) is 0 Å². The van der Waals surface area contributed by atoms with Crippen LogP contribution in [0.2, 0.25) is 0 Å². The monoisotopic (exact) mass is 424 g/mol. The Bertz CT molecular complexity index is 1250. The van der Waals surface area contributed by atoms with Crippen LogP contribution in [0, 0.1) is 5.82 Å². The van der Waals surface area contributed by atoms with Crippen LogP contribution in [-0.2, 0) is 6.54 Å². The second-order valence-electron chi connectivity index (χ2n) is 8.22. The molecule has 0 spiro atoms. The number of nitrogens with zero attached hydrogens (tertiary/aromatic N) is 2. The number of amides is 1. The van der Waals surface area contributed by atoms with Gasteiger partial charge in [0.2, 0.25) is 0 Å². The highest BCUT2D eigenvalue weighted by Gasteiger charge is 2.26. The summed E-state index contributed by atoms with van der Waals surface area (Å²) in [5.41, 5.74) is -0.00328. The van der Waals surface area contributed by atoms with Crippen molar-refractivity contribution in [2.24, 2.45) is 0 Å². The smallest absolute Gasteiger partial charge is 0.329 e. The Balaban J connectivity index is 1.59. The van der Waals surface area contributed by atoms with Crippen molar-refractivity contribution >= 4 is 16.8 Å². The molecule has 2 heterocycles. The molecule has 162 valence electrons. The van der Waals surface area contributed by atoms with E-state index in [1.54, 1.807) is 24.3 Å². The van der Waals surface area contributed by atoms with Gasteiger partial charge in [0.1, 0.15) is 5.82 Å². The number of aromatic nitrogens is 2. The highest BCUT2D eigenvalue weighted by molar-refractivity contribution is 5.95. The molecule has 8 heteroatoms. The lowest BCUT2D eigenvalue weighted by atomic mass is 10.1. The highest BCUT2D eigenvalue weighted by Crippen LogP contribution is 2.16. The first-order valence-corrected chi connectivity index (χ1v) is 10.4. The molecule has 1 fully saturated rings. The second kappa shape index (κ2) is 8.47. The number of benzene rings is 2. The summed E-state index contributed by atoms with van der Waals surface area (Å²) in [6.07, 6.45) is 0.823. The fourth-order valence-corrected chi connectivity index (χ4v) is 4.06. The molecule has 0 aliphatic carbocycles. The summed E-state index contributed by atoms with van der Waals surface area (Å²) in [5, 5.41) is 3.31. The number of H-pyrrole nitrogens is 1. The van der Waals surface area contributed by atoms with E-state index in [2.05, 4.69) is 29.0 Å². The Hall–Kier alpha value is -3.26. The summed E-state index contributed by atoms with van der Waals surface area (Å²) >= 11 is 0. The Morgan fingerprint density at radius 2 is 2.00 bits per heavy atom. The molecule has 7 nitrogen and oxygen atoms in total. The summed E-state index contributed by atoms with van der Waals surface area (Å²) < 4.78 is 15.8. The number of rotatable bonds is 5. The largest absolute Gasteiger partial charge is 0.348 e. The van der Waals surface area contributed by atoms with Crippen LogP contribution in [0.1, 0.15) is 36.2 Å². The van der Waals surface area contributed by atoms with Gasteiger partial charge in [0.25, 0.3) is 11.5 Å². The third kappa shape index (κ3) is 4.29. The standard InChI is InChI=1S/C23H25FN4O3/c1-14(2)27-10-9-16(13-27)25-22(30)18-11-15(7-8-19(18)24)12-28-20-6-4-3-5-17(20)21(29)26-23(28)31/h3-8,11,14,16H,9-10,12-13H2,1-2H3,(H,25,30)(H,26,29,31). The first-order valence-electron chi connectivity index (χ1n) is 10.4. The van der Waals surface area contributed by atoms with Gasteiger partial charge in [-0.1, -0.05) is 18.2 Å². The summed E-state index contributed by atoms with van der Waals surface area (Å²) in [7, 11) is 0. The Morgan fingerprint density at radius 3 is 2.74 bits per heavy atom. The van der Waals surface area contributed by atoms with E-state index in [0.717, 1.165) is 19.5 Å². The van der Waals surface area contributed by atoms with Crippen molar-refractivity contribution in [1.29, 1.82) is 0 Å². The molecule has 0 radical (unpaired) electrons. The van der Waals surface area contributed by atoms with Gasteiger partial charge in [-0.3, -0.25) is 24.0 Å². The van der Waals surface area contributed by atoms with Crippen LogP contribution in [0.25, 0.3) is 10.9 Å². The van der Waals surface area contributed by atoms with E-state index in [9.17, 15) is 18.8 Å². The number of aromatic amines is 1. The van der Waals surface area contributed by atoms with Crippen molar-refractivity contribution in [3.63, 3.8) is 0 Å². The molecule has 4 rings (SSSR count). The van der Waals surface area contributed by atoms with Gasteiger partial charge >= 0.3 is 5.69 Å². The lowest BCUT2D eigenvalue weighted by Crippen LogP contribution is -2.38. The van der Waals surface area contributed by atoms with E-state index in [0.29, 0.717) is 22.5 Å². The predicted molar refractivity (Wildman–Crippen MR) is 117 cm³/mol. The maximum Gasteiger partial charge on any atom is 0.329 e. The highest BCUT2D eigenvalue weighted by atomic mass is 19.1. The number of nitrogens with one attached hydrogen (secondary N) is 2. The van der Waals surface area contributed by atoms with Gasteiger partial charge in [0.15, 0.2) is 0 Å². The number of para-hydroxylation sites is 1. The molecule has 1 saturated heterocycles. The average molecular weight is 424 g/mol. The minimum absolute atomic E-state index is 0.0243. The number of hydrogen-bond donors (Lipinski definition) is 2. The topological polar surface area (TPSA) is 87.2 Å². The molecular weight excluding hydrogens is 399 g/mol. The molecule has 2 aromatic carbocycles. The van der Waals surface area contributed by atoms with Crippen LogP contribution >= 0.6 is 0 Å². The van der Waals surface area contributed by atoms with Gasteiger partial charge in [-0.15, -0.1) is 0 Å². The second-order valence-corrected chi connectivity index (χ2v) is 8.22. The van der Waals surface area contributed by atoms with Gasteiger partial charge < -0.3 is 5.32 Å². The number of likely N-dealkylation sites (tertiary alicyclic amines) is 1. The molecule has 0 bridgehead atoms. The number of halogens is 1. The molecule has 31 heavy (non-hydrogen) atoms. The van der Waals surface area contributed by atoms with Crippen LogP contribution in [0.3, 0.4) is 0 Å². The van der Waals surface area contributed by atoms with Crippen molar-refractivity contribution in [2.45, 2.75) is 38.9 Å². The van der Waals surface area contributed by atoms with Crippen molar-refractivity contribution in [3.05, 3.63) is 80.2 Å². The lowest BCUT2D eigenvalue weighted by Gasteiger charge is -2.20. The van der Waals surface area contributed by atoms with Gasteiger partial charge in [-0.05, 0) is 50.1 Å². The number of carbonyl (C=O) groups excluding carboxylic acids is 1. The van der Waals surface area contributed by atoms with Crippen LogP contribution in [0.5, 0.6) is 0 Å². The third-order valence-electron chi connectivity index (χ3n) is 5.81. The molecule has 1 aromatic heterocycles. The zero-order valence-corrected chi connectivity index (χ0v) is 17.5. The summed E-state index contributed by atoms with van der Waals surface area (Å²) in [6.45, 7) is 5.95. The molecule has 1 atom stereocenters. The van der Waals surface area contributed by atoms with E-state index >= 15 is 0 Å². The molecule has 1 amide bonds. The Labute approximate surface area is 178 Å². The molecule has 3 aromatic rings. The van der Waals surface area contributed by atoms with Gasteiger partial charge in [-0.25, -0.2) is 9.18 Å². The van der Waals surface area contributed by atoms with Crippen molar-refractivity contribution in [1.82, 2.24) is 19.8 Å². The third-order valence-corrected chi connectivity index (χ3v) is 5.81. The lowest BCUT2D eigenvalue weighted by molar-refractivity contribution is 0.0932. The van der Waals surface area contributed by atoms with Gasteiger partial charge in [0.05, 0.1) is 23.0 Å². The summed E-state index contributed by atoms with van der Waals surface area (Å²) in [4.78, 5) is 41.8. The molecule has 0 saturated carbocycles. The molecule has 2 N–H and O–H groups in total. The quantitative estimate of drug-likeness (QED) is 0.657. The summed E-state index contributed by atoms with van der Waals surface area (Å²) in [6, 6.07) is 11.4. The van der Waals surface area contributed by atoms with E-state index in [1.807, 2.05) is 0 Å². The molecular formula is C23H25FN4O3. The Morgan fingerprint density at radius 1 is 1.23 bits per heavy atom. The van der Waals surface area contributed by atoms with Crippen molar-refractivity contribution in [2.75, 3.05) is 13.1 Å². The number of fused-ring (bicyclic) bond motifs is 1. The maximum atomic E-state index is 14.4. The van der Waals surface area contributed by atoms with E-state index < -0.39 is 23.0 Å². The van der Waals surface area contributed by atoms with Crippen LogP contribution in [-0.4, -0.2) is 45.5 Å². The minimum Gasteiger partial charge on any atom is -0.348 e. The minimum atomic E-state index is -0.612.